The molecule has 1 amide bonds. The predicted molar refractivity (Wildman–Crippen MR) is 113 cm³/mol. The molecule has 4 rings (SSSR count). The van der Waals surface area contributed by atoms with Gasteiger partial charge in [0.25, 0.3) is 5.91 Å². The van der Waals surface area contributed by atoms with E-state index in [4.69, 9.17) is 11.6 Å². The molecule has 1 aromatic heterocycles. The van der Waals surface area contributed by atoms with Gasteiger partial charge in [0, 0.05) is 10.6 Å². The van der Waals surface area contributed by atoms with E-state index in [9.17, 15) is 9.90 Å². The molecule has 144 valence electrons. The molecule has 0 bridgehead atoms. The molecule has 3 aromatic carbocycles. The summed E-state index contributed by atoms with van der Waals surface area (Å²) in [5, 5.41) is 18.1. The monoisotopic (exact) mass is 404 g/mol. The highest BCUT2D eigenvalue weighted by atomic mass is 35.5. The van der Waals surface area contributed by atoms with Gasteiger partial charge in [0.2, 0.25) is 5.95 Å². The van der Waals surface area contributed by atoms with Crippen LogP contribution in [0.1, 0.15) is 15.9 Å². The fourth-order valence-electron chi connectivity index (χ4n) is 2.93. The third-order valence-electron chi connectivity index (χ3n) is 4.44. The molecule has 0 unspecified atom stereocenters. The summed E-state index contributed by atoms with van der Waals surface area (Å²) in [4.78, 5) is 17.3. The average molecular weight is 405 g/mol. The molecule has 0 fully saturated rings. The Morgan fingerprint density at radius 2 is 1.69 bits per heavy atom. The maximum atomic E-state index is 12.8. The number of anilines is 1. The summed E-state index contributed by atoms with van der Waals surface area (Å²) in [6, 6.07) is 21.1. The first-order chi connectivity index (χ1) is 14.0. The number of halogens is 1. The van der Waals surface area contributed by atoms with Gasteiger partial charge in [-0.3, -0.25) is 10.1 Å². The number of rotatable bonds is 4. The molecular weight excluding hydrogens is 388 g/mol. The van der Waals surface area contributed by atoms with Crippen molar-refractivity contribution in [1.29, 1.82) is 0 Å². The van der Waals surface area contributed by atoms with Crippen molar-refractivity contribution in [3.05, 3.63) is 88.9 Å². The molecule has 0 saturated heterocycles. The summed E-state index contributed by atoms with van der Waals surface area (Å²) in [5.41, 5.74) is 2.53. The maximum Gasteiger partial charge on any atom is 0.258 e. The number of aromatic hydroxyl groups is 1. The fraction of sp³-hybridized carbons (Fsp3) is 0.0455. The number of nitrogens with one attached hydrogen (secondary N) is 1. The molecule has 0 aliphatic heterocycles. The van der Waals surface area contributed by atoms with Gasteiger partial charge in [-0.2, -0.15) is 9.67 Å². The largest absolute Gasteiger partial charge is 0.507 e. The third kappa shape index (κ3) is 3.83. The summed E-state index contributed by atoms with van der Waals surface area (Å²) in [7, 11) is 0. The number of amides is 1. The number of phenols is 1. The summed E-state index contributed by atoms with van der Waals surface area (Å²) in [6.07, 6.45) is 0. The highest BCUT2D eigenvalue weighted by molar-refractivity contribution is 6.30. The second kappa shape index (κ2) is 7.77. The smallest absolute Gasteiger partial charge is 0.258 e. The number of aryl methyl sites for hydroxylation is 1. The first-order valence-corrected chi connectivity index (χ1v) is 9.29. The van der Waals surface area contributed by atoms with Crippen molar-refractivity contribution in [1.82, 2.24) is 14.8 Å². The topological polar surface area (TPSA) is 80.0 Å². The van der Waals surface area contributed by atoms with Crippen molar-refractivity contribution < 1.29 is 9.90 Å². The molecule has 2 N–H and O–H groups in total. The molecule has 0 atom stereocenters. The number of hydrogen-bond acceptors (Lipinski definition) is 4. The van der Waals surface area contributed by atoms with Crippen LogP contribution in [0.5, 0.6) is 5.75 Å². The quantitative estimate of drug-likeness (QED) is 0.509. The van der Waals surface area contributed by atoms with Gasteiger partial charge in [-0.25, -0.2) is 0 Å². The van der Waals surface area contributed by atoms with E-state index in [1.165, 1.54) is 4.68 Å². The van der Waals surface area contributed by atoms with Crippen molar-refractivity contribution in [2.45, 2.75) is 6.92 Å². The lowest BCUT2D eigenvalue weighted by atomic mass is 10.1. The SMILES string of the molecule is Cc1ccccc1C(=O)Nc1nc(-c2ccccc2O)nn1-c1ccc(Cl)cc1. The van der Waals surface area contributed by atoms with E-state index < -0.39 is 0 Å². The van der Waals surface area contributed by atoms with Crippen molar-refractivity contribution in [2.75, 3.05) is 5.32 Å². The summed E-state index contributed by atoms with van der Waals surface area (Å²) < 4.78 is 1.51. The van der Waals surface area contributed by atoms with E-state index in [0.717, 1.165) is 5.56 Å². The standard InChI is InChI=1S/C22H17ClN4O2/c1-14-6-2-3-7-17(14)21(29)25-22-24-20(18-8-4-5-9-19(18)28)26-27(22)16-12-10-15(23)11-13-16/h2-13,28H,1H3,(H,24,25,26,29). The highest BCUT2D eigenvalue weighted by Gasteiger charge is 2.18. The second-order valence-electron chi connectivity index (χ2n) is 6.43. The van der Waals surface area contributed by atoms with Gasteiger partial charge >= 0.3 is 0 Å². The number of carbonyl (C=O) groups excluding carboxylic acids is 1. The lowest BCUT2D eigenvalue weighted by molar-refractivity contribution is 0.102. The number of para-hydroxylation sites is 1. The third-order valence-corrected chi connectivity index (χ3v) is 4.69. The molecule has 0 spiro atoms. The van der Waals surface area contributed by atoms with Crippen LogP contribution in [0.25, 0.3) is 17.1 Å². The van der Waals surface area contributed by atoms with E-state index in [-0.39, 0.29) is 23.4 Å². The van der Waals surface area contributed by atoms with E-state index in [1.54, 1.807) is 60.7 Å². The molecule has 7 heteroatoms. The van der Waals surface area contributed by atoms with Crippen LogP contribution >= 0.6 is 11.6 Å². The van der Waals surface area contributed by atoms with Crippen LogP contribution in [0.3, 0.4) is 0 Å². The fourth-order valence-corrected chi connectivity index (χ4v) is 3.05. The van der Waals surface area contributed by atoms with Gasteiger partial charge in [-0.1, -0.05) is 41.9 Å². The normalized spacial score (nSPS) is 10.7. The Hall–Kier alpha value is -3.64. The van der Waals surface area contributed by atoms with Crippen LogP contribution in [0.4, 0.5) is 5.95 Å². The van der Waals surface area contributed by atoms with Gasteiger partial charge in [0.05, 0.1) is 11.3 Å². The van der Waals surface area contributed by atoms with E-state index in [1.807, 2.05) is 19.1 Å². The molecule has 4 aromatic rings. The Morgan fingerprint density at radius 3 is 2.41 bits per heavy atom. The van der Waals surface area contributed by atoms with Gasteiger partial charge < -0.3 is 5.11 Å². The number of carbonyl (C=O) groups is 1. The van der Waals surface area contributed by atoms with Crippen molar-refractivity contribution >= 4 is 23.5 Å². The van der Waals surface area contributed by atoms with Gasteiger partial charge in [0.15, 0.2) is 5.82 Å². The van der Waals surface area contributed by atoms with Crippen LogP contribution in [-0.4, -0.2) is 25.8 Å². The van der Waals surface area contributed by atoms with Gasteiger partial charge in [-0.15, -0.1) is 5.10 Å². The van der Waals surface area contributed by atoms with Crippen molar-refractivity contribution in [3.63, 3.8) is 0 Å². The molecule has 6 nitrogen and oxygen atoms in total. The lowest BCUT2D eigenvalue weighted by Gasteiger charge is -2.08. The zero-order valence-electron chi connectivity index (χ0n) is 15.5. The molecule has 29 heavy (non-hydrogen) atoms. The summed E-state index contributed by atoms with van der Waals surface area (Å²) >= 11 is 5.99. The van der Waals surface area contributed by atoms with E-state index in [2.05, 4.69) is 15.4 Å². The number of phenolic OH excluding ortho intramolecular Hbond substituents is 1. The maximum absolute atomic E-state index is 12.8. The number of nitrogens with zero attached hydrogens (tertiary/aromatic N) is 3. The Bertz CT molecular complexity index is 1190. The molecule has 0 aliphatic carbocycles. The Kier molecular flexibility index (Phi) is 5.01. The number of benzene rings is 3. The summed E-state index contributed by atoms with van der Waals surface area (Å²) in [5.74, 6) is 0.282. The highest BCUT2D eigenvalue weighted by Crippen LogP contribution is 2.28. The van der Waals surface area contributed by atoms with E-state index in [0.29, 0.717) is 21.8 Å². The van der Waals surface area contributed by atoms with Crippen LogP contribution in [-0.2, 0) is 0 Å². The Balaban J connectivity index is 1.79. The zero-order chi connectivity index (χ0) is 20.4. The molecule has 0 saturated carbocycles. The van der Waals surface area contributed by atoms with Gasteiger partial charge in [-0.05, 0) is 55.0 Å². The average Bonchev–Trinajstić information content (AvgIpc) is 3.12. The molecule has 1 heterocycles. The van der Waals surface area contributed by atoms with Crippen molar-refractivity contribution in [2.24, 2.45) is 0 Å². The minimum absolute atomic E-state index is 0.0533. The number of hydrogen-bond donors (Lipinski definition) is 2. The molecule has 0 aliphatic rings. The van der Waals surface area contributed by atoms with Crippen LogP contribution < -0.4 is 5.32 Å². The number of aromatic nitrogens is 3. The van der Waals surface area contributed by atoms with Crippen LogP contribution in [0, 0.1) is 6.92 Å². The van der Waals surface area contributed by atoms with E-state index >= 15 is 0 Å². The first-order valence-electron chi connectivity index (χ1n) is 8.91. The molecular formula is C22H17ClN4O2. The first kappa shape index (κ1) is 18.7. The van der Waals surface area contributed by atoms with Crippen LogP contribution in [0.15, 0.2) is 72.8 Å². The predicted octanol–water partition coefficient (Wildman–Crippen LogP) is 4.85. The Morgan fingerprint density at radius 1 is 1.00 bits per heavy atom. The summed E-state index contributed by atoms with van der Waals surface area (Å²) in [6.45, 7) is 1.87. The van der Waals surface area contributed by atoms with Crippen molar-refractivity contribution in [3.8, 4) is 22.8 Å². The second-order valence-corrected chi connectivity index (χ2v) is 6.87. The van der Waals surface area contributed by atoms with Gasteiger partial charge in [0.1, 0.15) is 5.75 Å². The minimum atomic E-state index is -0.297. The Labute approximate surface area is 172 Å². The lowest BCUT2D eigenvalue weighted by Crippen LogP contribution is -2.17. The van der Waals surface area contributed by atoms with Crippen LogP contribution in [0.2, 0.25) is 5.02 Å². The zero-order valence-corrected chi connectivity index (χ0v) is 16.3. The molecule has 0 radical (unpaired) electrons. The minimum Gasteiger partial charge on any atom is -0.507 e.